The molecule has 0 radical (unpaired) electrons. The molecule has 21 heavy (non-hydrogen) atoms. The van der Waals surface area contributed by atoms with Crippen molar-refractivity contribution in [1.82, 2.24) is 19.6 Å². The minimum absolute atomic E-state index is 0.276. The van der Waals surface area contributed by atoms with Gasteiger partial charge in [-0.1, -0.05) is 25.6 Å². The van der Waals surface area contributed by atoms with E-state index < -0.39 is 0 Å². The Morgan fingerprint density at radius 1 is 1.48 bits per heavy atom. The Bertz CT molecular complexity index is 823. The zero-order valence-corrected chi connectivity index (χ0v) is 13.8. The van der Waals surface area contributed by atoms with Crippen LogP contribution in [0.1, 0.15) is 24.3 Å². The van der Waals surface area contributed by atoms with Crippen LogP contribution in [-0.4, -0.2) is 31.9 Å². The third kappa shape index (κ3) is 1.98. The molecule has 1 atom stereocenters. The monoisotopic (exact) mass is 320 g/mol. The molecule has 4 rings (SSSR count). The first kappa shape index (κ1) is 13.5. The first-order valence-corrected chi connectivity index (χ1v) is 9.02. The predicted molar refractivity (Wildman–Crippen MR) is 85.1 cm³/mol. The summed E-state index contributed by atoms with van der Waals surface area (Å²) in [5.74, 6) is 0.514. The van der Waals surface area contributed by atoms with E-state index in [1.807, 2.05) is 10.7 Å². The average molecular weight is 320 g/mol. The number of nitrogens with zero attached hydrogens (tertiary/aromatic N) is 4. The van der Waals surface area contributed by atoms with Gasteiger partial charge in [-0.2, -0.15) is 0 Å². The Kier molecular flexibility index (Phi) is 3.16. The topological polar surface area (TPSA) is 52.3 Å². The maximum atomic E-state index is 5.98. The fourth-order valence-corrected chi connectivity index (χ4v) is 4.53. The van der Waals surface area contributed by atoms with E-state index >= 15 is 0 Å². The summed E-state index contributed by atoms with van der Waals surface area (Å²) in [5, 5.41) is 10.5. The molecule has 0 amide bonds. The van der Waals surface area contributed by atoms with Gasteiger partial charge in [-0.05, 0) is 17.7 Å². The molecule has 110 valence electrons. The molecule has 0 bridgehead atoms. The van der Waals surface area contributed by atoms with E-state index in [0.29, 0.717) is 12.5 Å². The molecule has 1 aliphatic heterocycles. The summed E-state index contributed by atoms with van der Waals surface area (Å²) in [6.07, 6.45) is 4.99. The van der Waals surface area contributed by atoms with E-state index in [2.05, 4.69) is 24.0 Å². The first-order chi connectivity index (χ1) is 10.2. The summed E-state index contributed by atoms with van der Waals surface area (Å²) in [6, 6.07) is 0. The highest BCUT2D eigenvalue weighted by atomic mass is 32.2. The summed E-state index contributed by atoms with van der Waals surface area (Å²) in [4.78, 5) is 7.12. The molecule has 3 aromatic rings. The van der Waals surface area contributed by atoms with Crippen LogP contribution in [0.2, 0.25) is 0 Å². The molecule has 0 fully saturated rings. The Labute approximate surface area is 130 Å². The maximum absolute atomic E-state index is 5.98. The number of hydrogen-bond acceptors (Lipinski definition) is 6. The molecule has 0 aliphatic carbocycles. The van der Waals surface area contributed by atoms with Crippen molar-refractivity contribution in [2.45, 2.75) is 38.1 Å². The van der Waals surface area contributed by atoms with E-state index in [4.69, 9.17) is 9.72 Å². The molecule has 7 heteroatoms. The number of thiophene rings is 1. The van der Waals surface area contributed by atoms with Gasteiger partial charge in [-0.3, -0.25) is 4.40 Å². The summed E-state index contributed by atoms with van der Waals surface area (Å²) < 4.78 is 7.97. The van der Waals surface area contributed by atoms with Gasteiger partial charge in [-0.25, -0.2) is 4.98 Å². The van der Waals surface area contributed by atoms with Crippen LogP contribution in [0.25, 0.3) is 15.9 Å². The number of hydrogen-bond donors (Lipinski definition) is 0. The van der Waals surface area contributed by atoms with Crippen LogP contribution >= 0.6 is 23.1 Å². The molecular formula is C14H16N4OS2. The molecule has 0 saturated carbocycles. The van der Waals surface area contributed by atoms with Crippen molar-refractivity contribution in [3.8, 4) is 0 Å². The number of rotatable bonds is 2. The van der Waals surface area contributed by atoms with Gasteiger partial charge in [0.05, 0.1) is 18.1 Å². The highest BCUT2D eigenvalue weighted by Crippen LogP contribution is 2.38. The van der Waals surface area contributed by atoms with Crippen LogP contribution in [0.3, 0.4) is 0 Å². The minimum atomic E-state index is 0.276. The molecular weight excluding hydrogens is 304 g/mol. The Hall–Kier alpha value is -1.18. The zero-order valence-electron chi connectivity index (χ0n) is 12.2. The number of thioether (sulfide) groups is 1. The average Bonchev–Trinajstić information content (AvgIpc) is 3.08. The lowest BCUT2D eigenvalue weighted by Gasteiger charge is -2.26. The van der Waals surface area contributed by atoms with Crippen LogP contribution in [0.5, 0.6) is 0 Å². The van der Waals surface area contributed by atoms with E-state index in [9.17, 15) is 0 Å². The molecule has 3 aromatic heterocycles. The van der Waals surface area contributed by atoms with Gasteiger partial charge in [0, 0.05) is 11.3 Å². The van der Waals surface area contributed by atoms with Crippen LogP contribution in [-0.2, 0) is 17.8 Å². The maximum Gasteiger partial charge on any atom is 0.176 e. The fourth-order valence-electron chi connectivity index (χ4n) is 2.84. The molecule has 0 N–H and O–H groups in total. The molecule has 1 aliphatic rings. The van der Waals surface area contributed by atoms with Crippen LogP contribution in [0.15, 0.2) is 11.5 Å². The lowest BCUT2D eigenvalue weighted by atomic mass is 9.96. The van der Waals surface area contributed by atoms with Gasteiger partial charge in [-0.15, -0.1) is 21.5 Å². The number of ether oxygens (including phenoxy) is 1. The summed E-state index contributed by atoms with van der Waals surface area (Å²) in [7, 11) is 0. The molecule has 0 saturated heterocycles. The second-order valence-corrected chi connectivity index (χ2v) is 7.46. The van der Waals surface area contributed by atoms with Gasteiger partial charge in [0.15, 0.2) is 10.8 Å². The van der Waals surface area contributed by atoms with Gasteiger partial charge < -0.3 is 4.74 Å². The van der Waals surface area contributed by atoms with Gasteiger partial charge in [0.1, 0.15) is 11.2 Å². The normalized spacial score (nSPS) is 18.8. The molecule has 4 heterocycles. The molecule has 0 aromatic carbocycles. The Balaban J connectivity index is 1.99. The van der Waals surface area contributed by atoms with Gasteiger partial charge in [0.2, 0.25) is 0 Å². The van der Waals surface area contributed by atoms with Crippen molar-refractivity contribution in [3.63, 3.8) is 0 Å². The van der Waals surface area contributed by atoms with E-state index in [1.165, 1.54) is 15.8 Å². The zero-order chi connectivity index (χ0) is 14.6. The highest BCUT2D eigenvalue weighted by molar-refractivity contribution is 7.98. The van der Waals surface area contributed by atoms with Crippen molar-refractivity contribution < 1.29 is 4.74 Å². The van der Waals surface area contributed by atoms with Crippen molar-refractivity contribution in [2.24, 2.45) is 5.92 Å². The predicted octanol–water partition coefficient (Wildman–Crippen LogP) is 3.16. The van der Waals surface area contributed by atoms with Crippen LogP contribution in [0, 0.1) is 5.92 Å². The van der Waals surface area contributed by atoms with Crippen molar-refractivity contribution >= 4 is 39.0 Å². The SMILES string of the molecule is CSc1nc2sc3c(c2c2nncn12)CC(C(C)C)OC3. The standard InChI is InChI=1S/C14H16N4OS2/c1-7(2)9-4-8-10(5-19-9)21-13-11(8)12-17-15-6-18(12)14(16-13)20-3/h6-7,9H,4-5H2,1-3H3. The number of aromatic nitrogens is 4. The molecule has 5 nitrogen and oxygen atoms in total. The number of fused-ring (bicyclic) bond motifs is 5. The third-order valence-corrected chi connectivity index (χ3v) is 5.76. The lowest BCUT2D eigenvalue weighted by molar-refractivity contribution is 0.00203. The molecule has 0 spiro atoms. The lowest BCUT2D eigenvalue weighted by Crippen LogP contribution is -2.26. The highest BCUT2D eigenvalue weighted by Gasteiger charge is 2.28. The van der Waals surface area contributed by atoms with Gasteiger partial charge >= 0.3 is 0 Å². The quantitative estimate of drug-likeness (QED) is 0.536. The molecule has 1 unspecified atom stereocenters. The van der Waals surface area contributed by atoms with Crippen LogP contribution < -0.4 is 0 Å². The minimum Gasteiger partial charge on any atom is -0.372 e. The third-order valence-electron chi connectivity index (χ3n) is 4.01. The largest absolute Gasteiger partial charge is 0.372 e. The van der Waals surface area contributed by atoms with Crippen molar-refractivity contribution in [3.05, 3.63) is 16.8 Å². The van der Waals surface area contributed by atoms with E-state index in [1.54, 1.807) is 29.4 Å². The second-order valence-electron chi connectivity index (χ2n) is 5.60. The van der Waals surface area contributed by atoms with Crippen molar-refractivity contribution in [1.29, 1.82) is 0 Å². The van der Waals surface area contributed by atoms with E-state index in [0.717, 1.165) is 22.1 Å². The Morgan fingerprint density at radius 2 is 2.33 bits per heavy atom. The summed E-state index contributed by atoms with van der Waals surface area (Å²) in [5.41, 5.74) is 2.28. The fraction of sp³-hybridized carbons (Fsp3) is 0.500. The van der Waals surface area contributed by atoms with Crippen molar-refractivity contribution in [2.75, 3.05) is 6.26 Å². The summed E-state index contributed by atoms with van der Waals surface area (Å²) in [6.45, 7) is 5.11. The Morgan fingerprint density at radius 3 is 3.10 bits per heavy atom. The smallest absolute Gasteiger partial charge is 0.176 e. The van der Waals surface area contributed by atoms with Crippen LogP contribution in [0.4, 0.5) is 0 Å². The summed E-state index contributed by atoms with van der Waals surface area (Å²) >= 11 is 3.35. The van der Waals surface area contributed by atoms with E-state index in [-0.39, 0.29) is 6.10 Å². The first-order valence-electron chi connectivity index (χ1n) is 6.98. The van der Waals surface area contributed by atoms with Gasteiger partial charge in [0.25, 0.3) is 0 Å². The second kappa shape index (κ2) is 4.93.